The first kappa shape index (κ1) is 12.4. The maximum absolute atomic E-state index is 5.94. The van der Waals surface area contributed by atoms with Crippen LogP contribution in [0.1, 0.15) is 24.2 Å². The van der Waals surface area contributed by atoms with Crippen LogP contribution < -0.4 is 5.73 Å². The first-order valence-corrected chi connectivity index (χ1v) is 5.91. The van der Waals surface area contributed by atoms with Gasteiger partial charge < -0.3 is 5.73 Å². The Kier molecular flexibility index (Phi) is 3.66. The van der Waals surface area contributed by atoms with Gasteiger partial charge in [0, 0.05) is 6.04 Å². The zero-order chi connectivity index (χ0) is 12.4. The average Bonchev–Trinajstić information content (AvgIpc) is 2.72. The molecular weight excluding hydrogens is 259 g/mol. The molecule has 1 aromatic carbocycles. The fraction of sp³-hybridized carbons (Fsp3) is 0.273. The Balaban J connectivity index is 2.16. The van der Waals surface area contributed by atoms with Crippen molar-refractivity contribution < 1.29 is 0 Å². The second-order valence-electron chi connectivity index (χ2n) is 3.88. The minimum Gasteiger partial charge on any atom is -0.323 e. The van der Waals surface area contributed by atoms with Crippen LogP contribution in [0.3, 0.4) is 0 Å². The molecule has 6 heteroatoms. The van der Waals surface area contributed by atoms with Gasteiger partial charge in [0.25, 0.3) is 0 Å². The van der Waals surface area contributed by atoms with Crippen molar-refractivity contribution >= 4 is 23.2 Å². The van der Waals surface area contributed by atoms with Gasteiger partial charge in [0.2, 0.25) is 0 Å². The molecule has 0 amide bonds. The van der Waals surface area contributed by atoms with Crippen LogP contribution in [-0.4, -0.2) is 15.0 Å². The van der Waals surface area contributed by atoms with E-state index in [-0.39, 0.29) is 6.04 Å². The molecule has 0 aliphatic carbocycles. The van der Waals surface area contributed by atoms with Crippen LogP contribution in [0.15, 0.2) is 24.4 Å². The third kappa shape index (κ3) is 2.97. The van der Waals surface area contributed by atoms with Crippen molar-refractivity contribution in [2.24, 2.45) is 5.73 Å². The molecule has 0 aliphatic heterocycles. The molecule has 0 spiro atoms. The molecule has 1 atom stereocenters. The Hall–Kier alpha value is -1.10. The van der Waals surface area contributed by atoms with Crippen molar-refractivity contribution in [2.75, 3.05) is 0 Å². The van der Waals surface area contributed by atoms with Crippen LogP contribution >= 0.6 is 23.2 Å². The maximum atomic E-state index is 5.94. The van der Waals surface area contributed by atoms with E-state index in [1.807, 2.05) is 25.3 Å². The summed E-state index contributed by atoms with van der Waals surface area (Å²) in [6, 6.07) is 5.37. The Morgan fingerprint density at radius 2 is 2.12 bits per heavy atom. The van der Waals surface area contributed by atoms with Gasteiger partial charge in [-0.25, -0.2) is 4.68 Å². The number of rotatable bonds is 3. The van der Waals surface area contributed by atoms with Gasteiger partial charge in [0.1, 0.15) is 0 Å². The summed E-state index contributed by atoms with van der Waals surface area (Å²) in [5.41, 5.74) is 7.49. The zero-order valence-electron chi connectivity index (χ0n) is 9.27. The molecule has 1 aromatic heterocycles. The number of hydrogen-bond acceptors (Lipinski definition) is 3. The molecular formula is C11H12Cl2N4. The fourth-order valence-corrected chi connectivity index (χ4v) is 1.75. The van der Waals surface area contributed by atoms with Crippen LogP contribution in [0.4, 0.5) is 0 Å². The Morgan fingerprint density at radius 3 is 2.71 bits per heavy atom. The predicted octanol–water partition coefficient (Wildman–Crippen LogP) is 2.65. The van der Waals surface area contributed by atoms with Crippen molar-refractivity contribution in [3.63, 3.8) is 0 Å². The number of nitrogens with zero attached hydrogens (tertiary/aromatic N) is 3. The molecule has 0 aliphatic rings. The molecule has 90 valence electrons. The van der Waals surface area contributed by atoms with E-state index in [2.05, 4.69) is 10.3 Å². The fourth-order valence-electron chi connectivity index (χ4n) is 1.42. The molecule has 0 radical (unpaired) electrons. The monoisotopic (exact) mass is 270 g/mol. The average molecular weight is 271 g/mol. The minimum atomic E-state index is -0.113. The second-order valence-corrected chi connectivity index (χ2v) is 4.69. The molecule has 2 rings (SSSR count). The molecule has 2 aromatic rings. The predicted molar refractivity (Wildman–Crippen MR) is 68.2 cm³/mol. The lowest BCUT2D eigenvalue weighted by Gasteiger charge is -2.03. The highest BCUT2D eigenvalue weighted by Crippen LogP contribution is 2.22. The summed E-state index contributed by atoms with van der Waals surface area (Å²) < 4.78 is 1.72. The standard InChI is InChI=1S/C11H12Cl2N4/c1-7(14)11-6-17(16-15-11)5-8-2-3-9(12)10(13)4-8/h2-4,6-7H,5,14H2,1H3. The van der Waals surface area contributed by atoms with Crippen LogP contribution in [-0.2, 0) is 6.54 Å². The summed E-state index contributed by atoms with van der Waals surface area (Å²) in [5, 5.41) is 9.06. The molecule has 0 bridgehead atoms. The lowest BCUT2D eigenvalue weighted by atomic mass is 10.2. The SMILES string of the molecule is CC(N)c1cn(Cc2ccc(Cl)c(Cl)c2)nn1. The molecule has 0 saturated heterocycles. The molecule has 1 heterocycles. The second kappa shape index (κ2) is 5.04. The van der Waals surface area contributed by atoms with E-state index in [0.29, 0.717) is 16.6 Å². The molecule has 1 unspecified atom stereocenters. The van der Waals surface area contributed by atoms with Crippen molar-refractivity contribution in [1.82, 2.24) is 15.0 Å². The lowest BCUT2D eigenvalue weighted by molar-refractivity contribution is 0.648. The summed E-state index contributed by atoms with van der Waals surface area (Å²) in [6.07, 6.45) is 1.83. The topological polar surface area (TPSA) is 56.7 Å². The molecule has 0 saturated carbocycles. The van der Waals surface area contributed by atoms with Gasteiger partial charge in [0.15, 0.2) is 0 Å². The first-order chi connectivity index (χ1) is 8.06. The van der Waals surface area contributed by atoms with Gasteiger partial charge in [-0.2, -0.15) is 0 Å². The lowest BCUT2D eigenvalue weighted by Crippen LogP contribution is -2.05. The van der Waals surface area contributed by atoms with E-state index in [4.69, 9.17) is 28.9 Å². The number of halogens is 2. The van der Waals surface area contributed by atoms with Crippen LogP contribution in [0.25, 0.3) is 0 Å². The minimum absolute atomic E-state index is 0.113. The van der Waals surface area contributed by atoms with Crippen molar-refractivity contribution in [3.05, 3.63) is 45.7 Å². The highest BCUT2D eigenvalue weighted by molar-refractivity contribution is 6.42. The zero-order valence-corrected chi connectivity index (χ0v) is 10.8. The van der Waals surface area contributed by atoms with Gasteiger partial charge in [-0.1, -0.05) is 34.5 Å². The van der Waals surface area contributed by atoms with E-state index in [9.17, 15) is 0 Å². The van der Waals surface area contributed by atoms with Crippen LogP contribution in [0.5, 0.6) is 0 Å². The third-order valence-electron chi connectivity index (χ3n) is 2.35. The van der Waals surface area contributed by atoms with E-state index < -0.39 is 0 Å². The summed E-state index contributed by atoms with van der Waals surface area (Å²) in [7, 11) is 0. The Bertz CT molecular complexity index is 522. The van der Waals surface area contributed by atoms with E-state index in [0.717, 1.165) is 11.3 Å². The van der Waals surface area contributed by atoms with Gasteiger partial charge in [0.05, 0.1) is 28.5 Å². The summed E-state index contributed by atoms with van der Waals surface area (Å²) in [6.45, 7) is 2.46. The largest absolute Gasteiger partial charge is 0.323 e. The smallest absolute Gasteiger partial charge is 0.0991 e. The third-order valence-corrected chi connectivity index (χ3v) is 3.09. The quantitative estimate of drug-likeness (QED) is 0.933. The van der Waals surface area contributed by atoms with Gasteiger partial charge in [-0.05, 0) is 24.6 Å². The van der Waals surface area contributed by atoms with Crippen LogP contribution in [0, 0.1) is 0 Å². The number of benzene rings is 1. The van der Waals surface area contributed by atoms with E-state index >= 15 is 0 Å². The summed E-state index contributed by atoms with van der Waals surface area (Å²) in [5.74, 6) is 0. The number of hydrogen-bond donors (Lipinski definition) is 1. The van der Waals surface area contributed by atoms with Gasteiger partial charge in [-0.3, -0.25) is 0 Å². The summed E-state index contributed by atoms with van der Waals surface area (Å²) >= 11 is 11.8. The normalized spacial score (nSPS) is 12.7. The van der Waals surface area contributed by atoms with Crippen molar-refractivity contribution in [2.45, 2.75) is 19.5 Å². The molecule has 4 nitrogen and oxygen atoms in total. The van der Waals surface area contributed by atoms with Gasteiger partial charge in [-0.15, -0.1) is 5.10 Å². The maximum Gasteiger partial charge on any atom is 0.0991 e. The highest BCUT2D eigenvalue weighted by atomic mass is 35.5. The highest BCUT2D eigenvalue weighted by Gasteiger charge is 2.06. The first-order valence-electron chi connectivity index (χ1n) is 5.16. The van der Waals surface area contributed by atoms with Crippen molar-refractivity contribution in [1.29, 1.82) is 0 Å². The molecule has 2 N–H and O–H groups in total. The number of nitrogens with two attached hydrogens (primary N) is 1. The molecule has 0 fully saturated rings. The Morgan fingerprint density at radius 1 is 1.35 bits per heavy atom. The van der Waals surface area contributed by atoms with Crippen LogP contribution in [0.2, 0.25) is 10.0 Å². The van der Waals surface area contributed by atoms with Crippen molar-refractivity contribution in [3.8, 4) is 0 Å². The van der Waals surface area contributed by atoms with Gasteiger partial charge >= 0.3 is 0 Å². The molecule has 17 heavy (non-hydrogen) atoms. The number of aromatic nitrogens is 3. The van der Waals surface area contributed by atoms with E-state index in [1.54, 1.807) is 10.7 Å². The Labute approximate surface area is 109 Å². The summed E-state index contributed by atoms with van der Waals surface area (Å²) in [4.78, 5) is 0. The van der Waals surface area contributed by atoms with E-state index in [1.165, 1.54) is 0 Å².